The van der Waals surface area contributed by atoms with Crippen molar-refractivity contribution in [2.45, 2.75) is 38.1 Å². The van der Waals surface area contributed by atoms with E-state index in [9.17, 15) is 9.59 Å². The average Bonchev–Trinajstić information content (AvgIpc) is 2.52. The van der Waals surface area contributed by atoms with E-state index >= 15 is 0 Å². The topological polar surface area (TPSA) is 63.1 Å². The Hall–Kier alpha value is -2.30. The molecule has 1 saturated carbocycles. The van der Waals surface area contributed by atoms with Crippen molar-refractivity contribution in [3.8, 4) is 0 Å². The molecule has 1 aliphatic rings. The van der Waals surface area contributed by atoms with Crippen molar-refractivity contribution >= 4 is 22.6 Å². The predicted octanol–water partition coefficient (Wildman–Crippen LogP) is 2.99. The molecule has 2 aromatic rings. The van der Waals surface area contributed by atoms with E-state index in [1.54, 1.807) is 23.7 Å². The molecule has 1 fully saturated rings. The molecule has 1 aromatic heterocycles. The number of hydrogen-bond donors (Lipinski definition) is 2. The van der Waals surface area contributed by atoms with Crippen LogP contribution in [0.3, 0.4) is 0 Å². The van der Waals surface area contributed by atoms with Gasteiger partial charge in [-0.3, -0.25) is 4.79 Å². The number of anilines is 1. The molecule has 0 bridgehead atoms. The first-order valence-electron chi connectivity index (χ1n) is 7.81. The van der Waals surface area contributed by atoms with Gasteiger partial charge in [-0.25, -0.2) is 4.79 Å². The molecule has 5 heteroatoms. The molecular weight excluding hydrogens is 278 g/mol. The van der Waals surface area contributed by atoms with Gasteiger partial charge in [0.1, 0.15) is 0 Å². The first-order chi connectivity index (χ1) is 10.6. The minimum atomic E-state index is -0.174. The molecule has 0 aliphatic heterocycles. The number of amides is 2. The van der Waals surface area contributed by atoms with Crippen molar-refractivity contribution in [2.24, 2.45) is 7.05 Å². The van der Waals surface area contributed by atoms with Gasteiger partial charge in [-0.1, -0.05) is 25.3 Å². The average molecular weight is 299 g/mol. The Bertz CT molecular complexity index is 745. The number of carbonyl (C=O) groups excluding carboxylic acids is 1. The van der Waals surface area contributed by atoms with Crippen LogP contribution in [0, 0.1) is 0 Å². The van der Waals surface area contributed by atoms with Crippen molar-refractivity contribution in [1.82, 2.24) is 9.88 Å². The lowest BCUT2D eigenvalue weighted by atomic mass is 9.96. The molecule has 2 amide bonds. The van der Waals surface area contributed by atoms with Crippen LogP contribution >= 0.6 is 0 Å². The molecule has 3 rings (SSSR count). The molecule has 5 nitrogen and oxygen atoms in total. The normalized spacial score (nSPS) is 15.7. The van der Waals surface area contributed by atoms with Crippen LogP contribution in [-0.4, -0.2) is 16.6 Å². The smallest absolute Gasteiger partial charge is 0.319 e. The molecule has 0 atom stereocenters. The second kappa shape index (κ2) is 6.22. The van der Waals surface area contributed by atoms with E-state index in [0.29, 0.717) is 5.69 Å². The first-order valence-corrected chi connectivity index (χ1v) is 7.81. The van der Waals surface area contributed by atoms with Gasteiger partial charge in [-0.15, -0.1) is 0 Å². The lowest BCUT2D eigenvalue weighted by Crippen LogP contribution is -2.39. The third kappa shape index (κ3) is 3.13. The molecule has 116 valence electrons. The fourth-order valence-electron chi connectivity index (χ4n) is 3.04. The van der Waals surface area contributed by atoms with Gasteiger partial charge in [-0.2, -0.15) is 0 Å². The molecule has 0 radical (unpaired) electrons. The summed E-state index contributed by atoms with van der Waals surface area (Å²) in [5.41, 5.74) is 1.45. The summed E-state index contributed by atoms with van der Waals surface area (Å²) >= 11 is 0. The summed E-state index contributed by atoms with van der Waals surface area (Å²) in [6, 6.07) is 9.04. The highest BCUT2D eigenvalue weighted by Crippen LogP contribution is 2.19. The number of aryl methyl sites for hydroxylation is 1. The van der Waals surface area contributed by atoms with Crippen molar-refractivity contribution in [1.29, 1.82) is 0 Å². The largest absolute Gasteiger partial charge is 0.335 e. The number of rotatable bonds is 2. The minimum Gasteiger partial charge on any atom is -0.335 e. The van der Waals surface area contributed by atoms with E-state index in [0.717, 1.165) is 23.7 Å². The second-order valence-corrected chi connectivity index (χ2v) is 5.94. The maximum atomic E-state index is 12.1. The number of nitrogens with one attached hydrogen (secondary N) is 2. The SMILES string of the molecule is Cn1c(=O)ccc2ccc(NC(=O)NC3CCCCC3)cc21. The molecule has 1 heterocycles. The van der Waals surface area contributed by atoms with Gasteiger partial charge >= 0.3 is 6.03 Å². The molecule has 0 saturated heterocycles. The maximum absolute atomic E-state index is 12.1. The molecule has 0 spiro atoms. The number of carbonyl (C=O) groups is 1. The van der Waals surface area contributed by atoms with Gasteiger partial charge in [0.25, 0.3) is 5.56 Å². The van der Waals surface area contributed by atoms with Gasteiger partial charge < -0.3 is 15.2 Å². The Balaban J connectivity index is 1.74. The highest BCUT2D eigenvalue weighted by molar-refractivity contribution is 5.92. The summed E-state index contributed by atoms with van der Waals surface area (Å²) < 4.78 is 1.58. The van der Waals surface area contributed by atoms with Crippen LogP contribution in [-0.2, 0) is 7.05 Å². The zero-order valence-electron chi connectivity index (χ0n) is 12.8. The van der Waals surface area contributed by atoms with E-state index in [-0.39, 0.29) is 17.6 Å². The van der Waals surface area contributed by atoms with E-state index < -0.39 is 0 Å². The lowest BCUT2D eigenvalue weighted by molar-refractivity contribution is 0.244. The van der Waals surface area contributed by atoms with E-state index in [4.69, 9.17) is 0 Å². The van der Waals surface area contributed by atoms with Crippen molar-refractivity contribution < 1.29 is 4.79 Å². The van der Waals surface area contributed by atoms with Crippen LogP contribution in [0.2, 0.25) is 0 Å². The number of benzene rings is 1. The Morgan fingerprint density at radius 1 is 1.14 bits per heavy atom. The summed E-state index contributed by atoms with van der Waals surface area (Å²) in [6.45, 7) is 0. The van der Waals surface area contributed by atoms with Crippen molar-refractivity contribution in [3.63, 3.8) is 0 Å². The number of aromatic nitrogens is 1. The Morgan fingerprint density at radius 3 is 2.64 bits per heavy atom. The van der Waals surface area contributed by atoms with Crippen molar-refractivity contribution in [2.75, 3.05) is 5.32 Å². The Morgan fingerprint density at radius 2 is 1.86 bits per heavy atom. The molecule has 1 aliphatic carbocycles. The molecule has 0 unspecified atom stereocenters. The van der Waals surface area contributed by atoms with Gasteiger partial charge in [0.15, 0.2) is 0 Å². The van der Waals surface area contributed by atoms with Crippen molar-refractivity contribution in [3.05, 3.63) is 40.7 Å². The van der Waals surface area contributed by atoms with Crippen LogP contribution in [0.5, 0.6) is 0 Å². The number of urea groups is 1. The van der Waals surface area contributed by atoms with E-state index in [2.05, 4.69) is 10.6 Å². The van der Waals surface area contributed by atoms with Crippen LogP contribution in [0.4, 0.5) is 10.5 Å². The summed E-state index contributed by atoms with van der Waals surface area (Å²) in [7, 11) is 1.73. The fourth-order valence-corrected chi connectivity index (χ4v) is 3.04. The fraction of sp³-hybridized carbons (Fsp3) is 0.412. The Labute approximate surface area is 129 Å². The molecular formula is C17H21N3O2. The lowest BCUT2D eigenvalue weighted by Gasteiger charge is -2.22. The second-order valence-electron chi connectivity index (χ2n) is 5.94. The molecule has 1 aromatic carbocycles. The first kappa shape index (κ1) is 14.6. The third-order valence-corrected chi connectivity index (χ3v) is 4.33. The number of nitrogens with zero attached hydrogens (tertiary/aromatic N) is 1. The standard InChI is InChI=1S/C17H21N3O2/c1-20-15-11-14(9-7-12(15)8-10-16(20)21)19-17(22)18-13-5-3-2-4-6-13/h7-11,13H,2-6H2,1H3,(H2,18,19,22). The zero-order valence-corrected chi connectivity index (χ0v) is 12.8. The van der Waals surface area contributed by atoms with Gasteiger partial charge in [0.2, 0.25) is 0 Å². The van der Waals surface area contributed by atoms with Crippen LogP contribution in [0.1, 0.15) is 32.1 Å². The minimum absolute atomic E-state index is 0.0590. The van der Waals surface area contributed by atoms with Gasteiger partial charge in [0.05, 0.1) is 5.52 Å². The summed E-state index contributed by atoms with van der Waals surface area (Å²) in [5.74, 6) is 0. The summed E-state index contributed by atoms with van der Waals surface area (Å²) in [4.78, 5) is 23.8. The molecule has 22 heavy (non-hydrogen) atoms. The number of hydrogen-bond acceptors (Lipinski definition) is 2. The van der Waals surface area contributed by atoms with E-state index in [1.807, 2.05) is 18.2 Å². The Kier molecular flexibility index (Phi) is 4.13. The van der Waals surface area contributed by atoms with Crippen LogP contribution < -0.4 is 16.2 Å². The number of fused-ring (bicyclic) bond motifs is 1. The highest BCUT2D eigenvalue weighted by atomic mass is 16.2. The quantitative estimate of drug-likeness (QED) is 0.895. The highest BCUT2D eigenvalue weighted by Gasteiger charge is 2.15. The van der Waals surface area contributed by atoms with Crippen LogP contribution in [0.25, 0.3) is 10.9 Å². The summed E-state index contributed by atoms with van der Waals surface area (Å²) in [6.07, 6.45) is 5.74. The maximum Gasteiger partial charge on any atom is 0.319 e. The predicted molar refractivity (Wildman–Crippen MR) is 88.2 cm³/mol. The monoisotopic (exact) mass is 299 g/mol. The molecule has 2 N–H and O–H groups in total. The third-order valence-electron chi connectivity index (χ3n) is 4.33. The van der Waals surface area contributed by atoms with Gasteiger partial charge in [-0.05, 0) is 36.4 Å². The van der Waals surface area contributed by atoms with E-state index in [1.165, 1.54) is 19.3 Å². The number of pyridine rings is 1. The zero-order chi connectivity index (χ0) is 15.5. The summed E-state index contributed by atoms with van der Waals surface area (Å²) in [5, 5.41) is 6.86. The van der Waals surface area contributed by atoms with Crippen LogP contribution in [0.15, 0.2) is 35.1 Å². The van der Waals surface area contributed by atoms with Gasteiger partial charge in [0, 0.05) is 24.8 Å².